The van der Waals surface area contributed by atoms with E-state index in [1.165, 1.54) is 4.90 Å². The van der Waals surface area contributed by atoms with Gasteiger partial charge in [-0.2, -0.15) is 0 Å². The van der Waals surface area contributed by atoms with Gasteiger partial charge in [0.25, 0.3) is 5.91 Å². The molecular formula is C18H16N2O2S. The molecule has 1 aliphatic heterocycles. The van der Waals surface area contributed by atoms with E-state index < -0.39 is 0 Å². The summed E-state index contributed by atoms with van der Waals surface area (Å²) in [4.78, 5) is 14.2. The molecule has 2 heterocycles. The van der Waals surface area contributed by atoms with Crippen molar-refractivity contribution in [3.05, 3.63) is 71.3 Å². The SMILES string of the molecule is CC(=C\c1ccco1)/C=C1/NC(=S)N(c2ccccc2C)C1=O. The Morgan fingerprint density at radius 1 is 1.26 bits per heavy atom. The summed E-state index contributed by atoms with van der Waals surface area (Å²) < 4.78 is 5.28. The number of allylic oxidation sites excluding steroid dienone is 2. The van der Waals surface area contributed by atoms with Crippen LogP contribution in [0.2, 0.25) is 0 Å². The van der Waals surface area contributed by atoms with Crippen LogP contribution >= 0.6 is 12.2 Å². The monoisotopic (exact) mass is 324 g/mol. The van der Waals surface area contributed by atoms with E-state index >= 15 is 0 Å². The number of thiocarbonyl (C=S) groups is 1. The molecule has 0 saturated carbocycles. The number of carbonyl (C=O) groups is 1. The van der Waals surface area contributed by atoms with Crippen molar-refractivity contribution >= 4 is 35.0 Å². The number of carbonyl (C=O) groups excluding carboxylic acids is 1. The number of para-hydroxylation sites is 1. The Morgan fingerprint density at radius 2 is 2.04 bits per heavy atom. The van der Waals surface area contributed by atoms with Gasteiger partial charge in [0, 0.05) is 0 Å². The van der Waals surface area contributed by atoms with E-state index in [4.69, 9.17) is 16.6 Å². The predicted octanol–water partition coefficient (Wildman–Crippen LogP) is 3.80. The molecule has 23 heavy (non-hydrogen) atoms. The van der Waals surface area contributed by atoms with Crippen LogP contribution in [0.3, 0.4) is 0 Å². The lowest BCUT2D eigenvalue weighted by molar-refractivity contribution is -0.113. The van der Waals surface area contributed by atoms with Gasteiger partial charge in [-0.1, -0.05) is 18.2 Å². The summed E-state index contributed by atoms with van der Waals surface area (Å²) in [5.74, 6) is 0.583. The molecular weight excluding hydrogens is 308 g/mol. The molecule has 1 aliphatic rings. The third-order valence-electron chi connectivity index (χ3n) is 3.52. The lowest BCUT2D eigenvalue weighted by Gasteiger charge is -2.16. The van der Waals surface area contributed by atoms with E-state index in [-0.39, 0.29) is 5.91 Å². The Morgan fingerprint density at radius 3 is 2.74 bits per heavy atom. The van der Waals surface area contributed by atoms with Crippen LogP contribution in [0.4, 0.5) is 5.69 Å². The summed E-state index contributed by atoms with van der Waals surface area (Å²) in [5.41, 5.74) is 3.14. The minimum atomic E-state index is -0.156. The van der Waals surface area contributed by atoms with Gasteiger partial charge in [-0.05, 0) is 67.6 Å². The van der Waals surface area contributed by atoms with Crippen LogP contribution in [0.5, 0.6) is 0 Å². The lowest BCUT2D eigenvalue weighted by Crippen LogP contribution is -2.30. The zero-order chi connectivity index (χ0) is 16.4. The average Bonchev–Trinajstić information content (AvgIpc) is 3.10. The highest BCUT2D eigenvalue weighted by molar-refractivity contribution is 7.80. The predicted molar refractivity (Wildman–Crippen MR) is 94.8 cm³/mol. The number of rotatable bonds is 3. The van der Waals surface area contributed by atoms with E-state index in [1.54, 1.807) is 12.3 Å². The van der Waals surface area contributed by atoms with E-state index in [1.807, 2.05) is 56.3 Å². The molecule has 0 radical (unpaired) electrons. The summed E-state index contributed by atoms with van der Waals surface area (Å²) in [6.07, 6.45) is 5.25. The summed E-state index contributed by atoms with van der Waals surface area (Å²) in [5, 5.41) is 3.38. The van der Waals surface area contributed by atoms with Crippen molar-refractivity contribution in [3.8, 4) is 0 Å². The molecule has 0 unspecified atom stereocenters. The minimum absolute atomic E-state index is 0.156. The van der Waals surface area contributed by atoms with Gasteiger partial charge in [-0.15, -0.1) is 0 Å². The molecule has 1 fully saturated rings. The summed E-state index contributed by atoms with van der Waals surface area (Å²) in [7, 11) is 0. The van der Waals surface area contributed by atoms with Crippen LogP contribution in [0.15, 0.2) is 64.4 Å². The molecule has 0 spiro atoms. The molecule has 0 atom stereocenters. The molecule has 0 bridgehead atoms. The topological polar surface area (TPSA) is 45.5 Å². The fourth-order valence-corrected chi connectivity index (χ4v) is 2.73. The summed E-state index contributed by atoms with van der Waals surface area (Å²) >= 11 is 5.32. The summed E-state index contributed by atoms with van der Waals surface area (Å²) in [6.45, 7) is 3.86. The highest BCUT2D eigenvalue weighted by Crippen LogP contribution is 2.25. The molecule has 2 aromatic rings. The fraction of sp³-hybridized carbons (Fsp3) is 0.111. The van der Waals surface area contributed by atoms with Crippen molar-refractivity contribution in [1.29, 1.82) is 0 Å². The molecule has 1 aromatic heterocycles. The van der Waals surface area contributed by atoms with Crippen LogP contribution in [0.25, 0.3) is 6.08 Å². The van der Waals surface area contributed by atoms with Gasteiger partial charge < -0.3 is 9.73 Å². The zero-order valence-corrected chi connectivity index (χ0v) is 13.7. The third-order valence-corrected chi connectivity index (χ3v) is 3.80. The number of aryl methyl sites for hydroxylation is 1. The molecule has 3 rings (SSSR count). The van der Waals surface area contributed by atoms with Crippen molar-refractivity contribution in [2.24, 2.45) is 0 Å². The van der Waals surface area contributed by atoms with Crippen molar-refractivity contribution in [2.45, 2.75) is 13.8 Å². The Bertz CT molecular complexity index is 819. The second-order valence-electron chi connectivity index (χ2n) is 5.32. The molecule has 5 heteroatoms. The van der Waals surface area contributed by atoms with Gasteiger partial charge in [0.1, 0.15) is 11.5 Å². The van der Waals surface area contributed by atoms with Gasteiger partial charge in [0.2, 0.25) is 0 Å². The number of hydrogen-bond donors (Lipinski definition) is 1. The zero-order valence-electron chi connectivity index (χ0n) is 12.9. The molecule has 0 aliphatic carbocycles. The first-order chi connectivity index (χ1) is 11.1. The molecule has 4 nitrogen and oxygen atoms in total. The number of amides is 1. The highest BCUT2D eigenvalue weighted by Gasteiger charge is 2.32. The van der Waals surface area contributed by atoms with Crippen LogP contribution < -0.4 is 10.2 Å². The highest BCUT2D eigenvalue weighted by atomic mass is 32.1. The molecule has 116 valence electrons. The number of nitrogens with zero attached hydrogens (tertiary/aromatic N) is 1. The van der Waals surface area contributed by atoms with E-state index in [0.717, 1.165) is 22.6 Å². The van der Waals surface area contributed by atoms with Gasteiger partial charge in [-0.25, -0.2) is 0 Å². The second kappa shape index (κ2) is 6.22. The van der Waals surface area contributed by atoms with Gasteiger partial charge in [0.15, 0.2) is 5.11 Å². The first kappa shape index (κ1) is 15.2. The van der Waals surface area contributed by atoms with Crippen LogP contribution in [0, 0.1) is 6.92 Å². The van der Waals surface area contributed by atoms with Crippen molar-refractivity contribution < 1.29 is 9.21 Å². The van der Waals surface area contributed by atoms with Gasteiger partial charge >= 0.3 is 0 Å². The molecule has 1 amide bonds. The third kappa shape index (κ3) is 3.10. The minimum Gasteiger partial charge on any atom is -0.465 e. The van der Waals surface area contributed by atoms with Crippen LogP contribution in [-0.2, 0) is 4.79 Å². The summed E-state index contributed by atoms with van der Waals surface area (Å²) in [6, 6.07) is 11.3. The standard InChI is InChI=1S/C18H16N2O2S/c1-12(10-14-7-5-9-22-14)11-15-17(21)20(18(23)19-15)16-8-4-3-6-13(16)2/h3-11H,1-2H3,(H,19,23)/b12-10+,15-11+. The lowest BCUT2D eigenvalue weighted by atomic mass is 10.1. The molecule has 1 aromatic carbocycles. The first-order valence-corrected chi connectivity index (χ1v) is 7.61. The number of hydrogen-bond acceptors (Lipinski definition) is 3. The number of benzene rings is 1. The van der Waals surface area contributed by atoms with Crippen LogP contribution in [-0.4, -0.2) is 11.0 Å². The van der Waals surface area contributed by atoms with Gasteiger partial charge in [-0.3, -0.25) is 9.69 Å². The Balaban J connectivity index is 1.90. The normalized spacial score (nSPS) is 17.0. The maximum atomic E-state index is 12.7. The number of anilines is 1. The smallest absolute Gasteiger partial charge is 0.281 e. The van der Waals surface area contributed by atoms with Crippen LogP contribution in [0.1, 0.15) is 18.2 Å². The fourth-order valence-electron chi connectivity index (χ4n) is 2.44. The molecule has 1 N–H and O–H groups in total. The van der Waals surface area contributed by atoms with Crippen molar-refractivity contribution in [2.75, 3.05) is 4.90 Å². The van der Waals surface area contributed by atoms with E-state index in [2.05, 4.69) is 5.32 Å². The van der Waals surface area contributed by atoms with Crippen molar-refractivity contribution in [1.82, 2.24) is 5.32 Å². The molecule has 1 saturated heterocycles. The quantitative estimate of drug-likeness (QED) is 0.689. The Kier molecular flexibility index (Phi) is 4.12. The largest absolute Gasteiger partial charge is 0.465 e. The maximum absolute atomic E-state index is 12.7. The van der Waals surface area contributed by atoms with Crippen molar-refractivity contribution in [3.63, 3.8) is 0 Å². The van der Waals surface area contributed by atoms with E-state index in [0.29, 0.717) is 10.8 Å². The average molecular weight is 324 g/mol. The second-order valence-corrected chi connectivity index (χ2v) is 5.71. The van der Waals surface area contributed by atoms with Gasteiger partial charge in [0.05, 0.1) is 12.0 Å². The number of nitrogens with one attached hydrogen (secondary N) is 1. The maximum Gasteiger partial charge on any atom is 0.281 e. The van der Waals surface area contributed by atoms with E-state index in [9.17, 15) is 4.79 Å². The first-order valence-electron chi connectivity index (χ1n) is 7.21. The number of furan rings is 1. The Hall–Kier alpha value is -2.66. The Labute approximate surface area is 140 Å².